The summed E-state index contributed by atoms with van der Waals surface area (Å²) >= 11 is 0. The van der Waals surface area contributed by atoms with Crippen LogP contribution in [-0.2, 0) is 0 Å². The number of fused-ring (bicyclic) bond motifs is 1. The van der Waals surface area contributed by atoms with E-state index in [1.54, 1.807) is 29.3 Å². The third-order valence-electron chi connectivity index (χ3n) is 2.60. The molecule has 3 rings (SSSR count). The Bertz CT molecular complexity index is 717. The number of hydrogen-bond acceptors (Lipinski definition) is 6. The largest absolute Gasteiger partial charge is 0.265 e. The van der Waals surface area contributed by atoms with E-state index >= 15 is 0 Å². The van der Waals surface area contributed by atoms with Gasteiger partial charge in [-0.2, -0.15) is 9.62 Å². The van der Waals surface area contributed by atoms with Crippen molar-refractivity contribution in [1.82, 2.24) is 24.8 Å². The number of nitrogens with one attached hydrogen (secondary N) is 1. The topological polar surface area (TPSA) is 80.4 Å². The molecule has 7 heteroatoms. The molecule has 0 spiro atoms. The molecule has 0 saturated carbocycles. The normalized spacial score (nSPS) is 11.7. The van der Waals surface area contributed by atoms with Crippen LogP contribution in [0.5, 0.6) is 0 Å². The van der Waals surface area contributed by atoms with Gasteiger partial charge >= 0.3 is 0 Å². The van der Waals surface area contributed by atoms with Crippen molar-refractivity contribution in [3.8, 4) is 0 Å². The Kier molecular flexibility index (Phi) is 2.85. The van der Waals surface area contributed by atoms with Gasteiger partial charge in [-0.3, -0.25) is 10.4 Å². The second kappa shape index (κ2) is 4.81. The van der Waals surface area contributed by atoms with E-state index in [4.69, 9.17) is 0 Å². The number of anilines is 1. The zero-order valence-electron chi connectivity index (χ0n) is 10.2. The summed E-state index contributed by atoms with van der Waals surface area (Å²) in [4.78, 5) is 3.97. The van der Waals surface area contributed by atoms with E-state index in [1.165, 1.54) is 0 Å². The van der Waals surface area contributed by atoms with Gasteiger partial charge in [-0.15, -0.1) is 15.3 Å². The number of hydrazone groups is 1. The zero-order valence-corrected chi connectivity index (χ0v) is 10.2. The Hall–Kier alpha value is -2.83. The van der Waals surface area contributed by atoms with Crippen LogP contribution in [0.15, 0.2) is 48.1 Å². The number of pyridine rings is 1. The van der Waals surface area contributed by atoms with E-state index in [1.807, 2.05) is 25.1 Å². The average molecular weight is 253 g/mol. The second-order valence-electron chi connectivity index (χ2n) is 3.90. The molecule has 1 N–H and O–H groups in total. The summed E-state index contributed by atoms with van der Waals surface area (Å²) in [5, 5.41) is 16.2. The first-order valence-electron chi connectivity index (χ1n) is 5.71. The predicted molar refractivity (Wildman–Crippen MR) is 70.9 cm³/mol. The Labute approximate surface area is 109 Å². The highest BCUT2D eigenvalue weighted by Gasteiger charge is 1.99. The number of aromatic nitrogens is 5. The van der Waals surface area contributed by atoms with E-state index < -0.39 is 0 Å². The van der Waals surface area contributed by atoms with Gasteiger partial charge in [-0.1, -0.05) is 0 Å². The maximum Gasteiger partial charge on any atom is 0.177 e. The minimum Gasteiger partial charge on any atom is -0.265 e. The summed E-state index contributed by atoms with van der Waals surface area (Å²) in [5.74, 6) is 0.626. The zero-order chi connectivity index (χ0) is 13.1. The molecule has 0 aliphatic heterocycles. The first-order chi connectivity index (χ1) is 9.33. The molecule has 0 amide bonds. The van der Waals surface area contributed by atoms with Gasteiger partial charge in [-0.05, 0) is 31.2 Å². The lowest BCUT2D eigenvalue weighted by Gasteiger charge is -2.02. The molecule has 94 valence electrons. The fraction of sp³-hybridized carbons (Fsp3) is 0.0833. The summed E-state index contributed by atoms with van der Waals surface area (Å²) in [6.07, 6.45) is 5.01. The van der Waals surface area contributed by atoms with Crippen molar-refractivity contribution in [3.05, 3.63) is 48.5 Å². The van der Waals surface area contributed by atoms with E-state index in [0.717, 1.165) is 11.3 Å². The van der Waals surface area contributed by atoms with Gasteiger partial charge in [0.1, 0.15) is 6.33 Å². The minimum absolute atomic E-state index is 0.626. The summed E-state index contributed by atoms with van der Waals surface area (Å²) in [6.45, 7) is 1.92. The van der Waals surface area contributed by atoms with Crippen LogP contribution < -0.4 is 5.43 Å². The maximum atomic E-state index is 4.28. The SMILES string of the molecule is C/C(=N/Nc1ccc2nncn2n1)c1ccncc1. The first kappa shape index (κ1) is 11.3. The third-order valence-corrected chi connectivity index (χ3v) is 2.60. The van der Waals surface area contributed by atoms with Crippen LogP contribution in [0.2, 0.25) is 0 Å². The van der Waals surface area contributed by atoms with E-state index in [0.29, 0.717) is 11.5 Å². The predicted octanol–water partition coefficient (Wildman–Crippen LogP) is 1.36. The Morgan fingerprint density at radius 2 is 2.05 bits per heavy atom. The van der Waals surface area contributed by atoms with Crippen LogP contribution in [0.3, 0.4) is 0 Å². The molecule has 0 atom stereocenters. The molecule has 3 aromatic heterocycles. The fourth-order valence-corrected chi connectivity index (χ4v) is 1.59. The van der Waals surface area contributed by atoms with Crippen LogP contribution in [0.4, 0.5) is 5.82 Å². The Morgan fingerprint density at radius 3 is 2.89 bits per heavy atom. The van der Waals surface area contributed by atoms with Crippen molar-refractivity contribution < 1.29 is 0 Å². The molecule has 0 aromatic carbocycles. The molecular weight excluding hydrogens is 242 g/mol. The molecule has 0 saturated heterocycles. The quantitative estimate of drug-likeness (QED) is 0.563. The van der Waals surface area contributed by atoms with Gasteiger partial charge in [0.15, 0.2) is 11.5 Å². The van der Waals surface area contributed by atoms with Crippen molar-refractivity contribution in [2.75, 3.05) is 5.43 Å². The van der Waals surface area contributed by atoms with Gasteiger partial charge in [0.2, 0.25) is 0 Å². The van der Waals surface area contributed by atoms with Crippen LogP contribution in [0.25, 0.3) is 5.65 Å². The molecule has 0 fully saturated rings. The smallest absolute Gasteiger partial charge is 0.177 e. The molecule has 7 nitrogen and oxygen atoms in total. The maximum absolute atomic E-state index is 4.28. The first-order valence-corrected chi connectivity index (χ1v) is 5.71. The fourth-order valence-electron chi connectivity index (χ4n) is 1.59. The molecule has 3 aromatic rings. The highest BCUT2D eigenvalue weighted by molar-refractivity contribution is 5.98. The third kappa shape index (κ3) is 2.39. The van der Waals surface area contributed by atoms with Crippen molar-refractivity contribution >= 4 is 17.2 Å². The standard InChI is InChI=1S/C12H11N7/c1-9(10-4-6-13-7-5-10)15-16-11-2-3-12-17-14-8-19(12)18-11/h2-8H,1H3,(H,16,18)/b15-9-. The highest BCUT2D eigenvalue weighted by Crippen LogP contribution is 2.05. The summed E-state index contributed by atoms with van der Waals surface area (Å²) < 4.78 is 1.58. The number of nitrogens with zero attached hydrogens (tertiary/aromatic N) is 6. The lowest BCUT2D eigenvalue weighted by Crippen LogP contribution is -2.02. The molecule has 0 aliphatic rings. The molecule has 0 aliphatic carbocycles. The summed E-state index contributed by atoms with van der Waals surface area (Å²) in [7, 11) is 0. The van der Waals surface area contributed by atoms with Gasteiger partial charge in [-0.25, -0.2) is 0 Å². The minimum atomic E-state index is 0.626. The monoisotopic (exact) mass is 253 g/mol. The molecule has 19 heavy (non-hydrogen) atoms. The van der Waals surface area contributed by atoms with Crippen molar-refractivity contribution in [1.29, 1.82) is 0 Å². The lowest BCUT2D eigenvalue weighted by atomic mass is 10.2. The van der Waals surface area contributed by atoms with Gasteiger partial charge in [0.05, 0.1) is 5.71 Å². The van der Waals surface area contributed by atoms with Crippen molar-refractivity contribution in [2.45, 2.75) is 6.92 Å². The molecule has 0 radical (unpaired) electrons. The summed E-state index contributed by atoms with van der Waals surface area (Å²) in [5.41, 5.74) is 5.46. The molecular formula is C12H11N7. The van der Waals surface area contributed by atoms with Gasteiger partial charge < -0.3 is 0 Å². The van der Waals surface area contributed by atoms with Crippen LogP contribution in [-0.4, -0.2) is 30.5 Å². The molecule has 3 heterocycles. The highest BCUT2D eigenvalue weighted by atomic mass is 15.4. The van der Waals surface area contributed by atoms with Crippen LogP contribution in [0, 0.1) is 0 Å². The average Bonchev–Trinajstić information content (AvgIpc) is 2.93. The van der Waals surface area contributed by atoms with Gasteiger partial charge in [0, 0.05) is 18.0 Å². The summed E-state index contributed by atoms with van der Waals surface area (Å²) in [6, 6.07) is 7.42. The van der Waals surface area contributed by atoms with Crippen molar-refractivity contribution in [2.24, 2.45) is 5.10 Å². The molecule has 0 unspecified atom stereocenters. The lowest BCUT2D eigenvalue weighted by molar-refractivity contribution is 0.924. The van der Waals surface area contributed by atoms with Crippen LogP contribution >= 0.6 is 0 Å². The second-order valence-corrected chi connectivity index (χ2v) is 3.90. The Morgan fingerprint density at radius 1 is 1.21 bits per heavy atom. The van der Waals surface area contributed by atoms with E-state index in [-0.39, 0.29) is 0 Å². The van der Waals surface area contributed by atoms with E-state index in [9.17, 15) is 0 Å². The molecule has 0 bridgehead atoms. The Balaban J connectivity index is 1.81. The van der Waals surface area contributed by atoms with Gasteiger partial charge in [0.25, 0.3) is 0 Å². The number of hydrogen-bond donors (Lipinski definition) is 1. The number of rotatable bonds is 3. The van der Waals surface area contributed by atoms with E-state index in [2.05, 4.69) is 30.8 Å². The van der Waals surface area contributed by atoms with Crippen molar-refractivity contribution in [3.63, 3.8) is 0 Å². The van der Waals surface area contributed by atoms with Crippen LogP contribution in [0.1, 0.15) is 12.5 Å².